The predicted octanol–water partition coefficient (Wildman–Crippen LogP) is 3.48. The number of carbonyl (C=O) groups excluding carboxylic acids is 2. The number of hydrogen-bond acceptors (Lipinski definition) is 3. The second-order valence-electron chi connectivity index (χ2n) is 5.47. The number of amides is 2. The van der Waals surface area contributed by atoms with Gasteiger partial charge in [-0.1, -0.05) is 29.8 Å². The van der Waals surface area contributed by atoms with E-state index in [-0.39, 0.29) is 18.4 Å². The Kier molecular flexibility index (Phi) is 5.01. The quantitative estimate of drug-likeness (QED) is 0.903. The summed E-state index contributed by atoms with van der Waals surface area (Å²) in [5, 5.41) is 3.22. The third-order valence-electron chi connectivity index (χ3n) is 3.71. The largest absolute Gasteiger partial charge is 0.482 e. The van der Waals surface area contributed by atoms with Crippen LogP contribution in [0, 0.1) is 0 Å². The molecule has 5 nitrogen and oxygen atoms in total. The minimum Gasteiger partial charge on any atom is -0.482 e. The van der Waals surface area contributed by atoms with Crippen molar-refractivity contribution in [2.24, 2.45) is 0 Å². The molecule has 2 aromatic rings. The first-order valence-electron chi connectivity index (χ1n) is 7.71. The van der Waals surface area contributed by atoms with Crippen molar-refractivity contribution in [1.29, 1.82) is 0 Å². The number of nitrogens with one attached hydrogen (secondary N) is 1. The van der Waals surface area contributed by atoms with Crippen molar-refractivity contribution >= 4 is 34.8 Å². The van der Waals surface area contributed by atoms with Crippen LogP contribution in [0.5, 0.6) is 5.75 Å². The molecule has 6 heteroatoms. The van der Waals surface area contributed by atoms with Gasteiger partial charge in [-0.05, 0) is 36.8 Å². The van der Waals surface area contributed by atoms with Crippen LogP contribution in [0.25, 0.3) is 0 Å². The van der Waals surface area contributed by atoms with Crippen LogP contribution >= 0.6 is 11.6 Å². The number of rotatable bonds is 5. The van der Waals surface area contributed by atoms with Gasteiger partial charge in [0.25, 0.3) is 5.91 Å². The number of nitrogens with zero attached hydrogens (tertiary/aromatic N) is 1. The molecular formula is C18H17ClN2O3. The first-order valence-corrected chi connectivity index (χ1v) is 8.09. The van der Waals surface area contributed by atoms with Crippen molar-refractivity contribution in [3.05, 3.63) is 53.6 Å². The highest BCUT2D eigenvalue weighted by Gasteiger charge is 2.21. The van der Waals surface area contributed by atoms with Crippen molar-refractivity contribution in [1.82, 2.24) is 0 Å². The Balaban J connectivity index is 1.60. The van der Waals surface area contributed by atoms with Crippen molar-refractivity contribution in [2.75, 3.05) is 23.4 Å². The lowest BCUT2D eigenvalue weighted by Crippen LogP contribution is -2.24. The Hall–Kier alpha value is -2.53. The summed E-state index contributed by atoms with van der Waals surface area (Å²) in [6, 6.07) is 14.2. The van der Waals surface area contributed by atoms with E-state index in [1.807, 2.05) is 12.1 Å². The van der Waals surface area contributed by atoms with Crippen LogP contribution in [-0.4, -0.2) is 25.0 Å². The summed E-state index contributed by atoms with van der Waals surface area (Å²) in [4.78, 5) is 25.6. The van der Waals surface area contributed by atoms with Gasteiger partial charge in [-0.3, -0.25) is 9.59 Å². The number of para-hydroxylation sites is 1. The van der Waals surface area contributed by atoms with Gasteiger partial charge in [-0.2, -0.15) is 0 Å². The molecule has 1 aliphatic rings. The van der Waals surface area contributed by atoms with Crippen LogP contribution < -0.4 is 15.0 Å². The highest BCUT2D eigenvalue weighted by Crippen LogP contribution is 2.25. The number of ether oxygens (including phenoxy) is 1. The van der Waals surface area contributed by atoms with Gasteiger partial charge in [-0.15, -0.1) is 0 Å². The van der Waals surface area contributed by atoms with Crippen LogP contribution in [0.4, 0.5) is 11.4 Å². The summed E-state index contributed by atoms with van der Waals surface area (Å²) in [5.74, 6) is 0.283. The van der Waals surface area contributed by atoms with Gasteiger partial charge in [0.15, 0.2) is 6.61 Å². The zero-order chi connectivity index (χ0) is 16.9. The van der Waals surface area contributed by atoms with E-state index in [0.717, 1.165) is 12.1 Å². The summed E-state index contributed by atoms with van der Waals surface area (Å²) in [5.41, 5.74) is 1.42. The molecule has 0 saturated carbocycles. The number of anilines is 2. The van der Waals surface area contributed by atoms with Crippen LogP contribution in [0.1, 0.15) is 12.8 Å². The minimum atomic E-state index is -0.292. The van der Waals surface area contributed by atoms with E-state index < -0.39 is 0 Å². The molecule has 0 radical (unpaired) electrons. The Morgan fingerprint density at radius 1 is 1.21 bits per heavy atom. The van der Waals surface area contributed by atoms with Crippen LogP contribution in [0.3, 0.4) is 0 Å². The molecule has 0 bridgehead atoms. The molecule has 0 aliphatic carbocycles. The van der Waals surface area contributed by atoms with Gasteiger partial charge in [0.1, 0.15) is 5.75 Å². The first kappa shape index (κ1) is 16.3. The SMILES string of the molecule is O=C(COc1ccccc1Cl)Nc1cccc(N2CCCC2=O)c1. The van der Waals surface area contributed by atoms with Crippen LogP contribution in [0.15, 0.2) is 48.5 Å². The van der Waals surface area contributed by atoms with Crippen LogP contribution in [-0.2, 0) is 9.59 Å². The number of carbonyl (C=O) groups is 2. The molecule has 0 aromatic heterocycles. The normalized spacial score (nSPS) is 13.9. The summed E-state index contributed by atoms with van der Waals surface area (Å²) in [7, 11) is 0. The lowest BCUT2D eigenvalue weighted by atomic mass is 10.2. The van der Waals surface area contributed by atoms with Gasteiger partial charge in [0.2, 0.25) is 5.91 Å². The standard InChI is InChI=1S/C18H17ClN2O3/c19-15-7-1-2-8-16(15)24-12-17(22)20-13-5-3-6-14(11-13)21-10-4-9-18(21)23/h1-3,5-8,11H,4,9-10,12H2,(H,20,22). The molecule has 1 fully saturated rings. The van der Waals surface area contributed by atoms with Gasteiger partial charge < -0.3 is 15.0 Å². The topological polar surface area (TPSA) is 58.6 Å². The van der Waals surface area contributed by atoms with Gasteiger partial charge in [0, 0.05) is 24.3 Å². The van der Waals surface area contributed by atoms with Crippen LogP contribution in [0.2, 0.25) is 5.02 Å². The number of hydrogen-bond donors (Lipinski definition) is 1. The summed E-state index contributed by atoms with van der Waals surface area (Å²) < 4.78 is 5.41. The van der Waals surface area contributed by atoms with Gasteiger partial charge in [-0.25, -0.2) is 0 Å². The average molecular weight is 345 g/mol. The molecule has 2 amide bonds. The molecule has 3 rings (SSSR count). The Morgan fingerprint density at radius 2 is 2.04 bits per heavy atom. The minimum absolute atomic E-state index is 0.112. The van der Waals surface area contributed by atoms with E-state index in [0.29, 0.717) is 29.4 Å². The van der Waals surface area contributed by atoms with Gasteiger partial charge >= 0.3 is 0 Å². The van der Waals surface area contributed by atoms with E-state index in [2.05, 4.69) is 5.32 Å². The fourth-order valence-corrected chi connectivity index (χ4v) is 2.77. The van der Waals surface area contributed by atoms with E-state index in [1.165, 1.54) is 0 Å². The Morgan fingerprint density at radius 3 is 2.79 bits per heavy atom. The second kappa shape index (κ2) is 7.36. The lowest BCUT2D eigenvalue weighted by molar-refractivity contribution is -0.118. The fraction of sp³-hybridized carbons (Fsp3) is 0.222. The van der Waals surface area contributed by atoms with Crippen molar-refractivity contribution < 1.29 is 14.3 Å². The lowest BCUT2D eigenvalue weighted by Gasteiger charge is -2.17. The molecule has 24 heavy (non-hydrogen) atoms. The third kappa shape index (κ3) is 3.86. The summed E-state index contributed by atoms with van der Waals surface area (Å²) in [6.07, 6.45) is 1.43. The summed E-state index contributed by atoms with van der Waals surface area (Å²) >= 11 is 5.98. The zero-order valence-electron chi connectivity index (χ0n) is 13.0. The fourth-order valence-electron chi connectivity index (χ4n) is 2.57. The van der Waals surface area contributed by atoms with E-state index in [9.17, 15) is 9.59 Å². The maximum atomic E-state index is 12.0. The Bertz CT molecular complexity index is 763. The highest BCUT2D eigenvalue weighted by atomic mass is 35.5. The molecule has 0 spiro atoms. The molecule has 124 valence electrons. The number of benzene rings is 2. The highest BCUT2D eigenvalue weighted by molar-refractivity contribution is 6.32. The molecular weight excluding hydrogens is 328 g/mol. The zero-order valence-corrected chi connectivity index (χ0v) is 13.8. The van der Waals surface area contributed by atoms with Crippen molar-refractivity contribution in [3.63, 3.8) is 0 Å². The maximum Gasteiger partial charge on any atom is 0.262 e. The molecule has 0 unspecified atom stereocenters. The predicted molar refractivity (Wildman–Crippen MR) is 93.6 cm³/mol. The van der Waals surface area contributed by atoms with E-state index >= 15 is 0 Å². The smallest absolute Gasteiger partial charge is 0.262 e. The third-order valence-corrected chi connectivity index (χ3v) is 4.02. The van der Waals surface area contributed by atoms with Crippen molar-refractivity contribution in [2.45, 2.75) is 12.8 Å². The monoisotopic (exact) mass is 344 g/mol. The molecule has 1 aliphatic heterocycles. The number of halogens is 1. The molecule has 1 saturated heterocycles. The van der Waals surface area contributed by atoms with Crippen molar-refractivity contribution in [3.8, 4) is 5.75 Å². The molecule has 0 atom stereocenters. The summed E-state index contributed by atoms with van der Waals surface area (Å²) in [6.45, 7) is 0.572. The Labute approximate surface area is 145 Å². The second-order valence-corrected chi connectivity index (χ2v) is 5.87. The molecule has 2 aromatic carbocycles. The average Bonchev–Trinajstić information content (AvgIpc) is 3.00. The first-order chi connectivity index (χ1) is 11.6. The van der Waals surface area contributed by atoms with E-state index in [4.69, 9.17) is 16.3 Å². The maximum absolute atomic E-state index is 12.0. The van der Waals surface area contributed by atoms with Gasteiger partial charge in [0.05, 0.1) is 5.02 Å². The molecule has 1 heterocycles. The van der Waals surface area contributed by atoms with E-state index in [1.54, 1.807) is 41.3 Å². The molecule has 1 N–H and O–H groups in total.